The smallest absolute Gasteiger partial charge is 0.160 e. The monoisotopic (exact) mass is 566 g/mol. The molecule has 0 aliphatic heterocycles. The van der Waals surface area contributed by atoms with Crippen molar-refractivity contribution in [3.05, 3.63) is 164 Å². The maximum atomic E-state index is 8.70. The number of fused-ring (bicyclic) bond motifs is 3. The molecule has 0 unspecified atom stereocenters. The Hall–Kier alpha value is -5.93. The van der Waals surface area contributed by atoms with E-state index in [1.54, 1.807) is 12.4 Å². The van der Waals surface area contributed by atoms with Crippen LogP contribution in [0.4, 0.5) is 0 Å². The summed E-state index contributed by atoms with van der Waals surface area (Å²) in [6.45, 7) is 0. The topological polar surface area (TPSA) is 38.7 Å². The van der Waals surface area contributed by atoms with Crippen molar-refractivity contribution in [1.82, 2.24) is 15.0 Å². The molecule has 2 heterocycles. The van der Waals surface area contributed by atoms with Gasteiger partial charge in [0.05, 0.1) is 18.2 Å². The van der Waals surface area contributed by atoms with Gasteiger partial charge in [0, 0.05) is 34.6 Å². The van der Waals surface area contributed by atoms with Crippen LogP contribution in [0.2, 0.25) is 0 Å². The predicted molar refractivity (Wildman–Crippen MR) is 182 cm³/mol. The van der Waals surface area contributed by atoms with Crippen LogP contribution < -0.4 is 0 Å². The van der Waals surface area contributed by atoms with Crippen LogP contribution >= 0.6 is 0 Å². The molecule has 0 aliphatic carbocycles. The van der Waals surface area contributed by atoms with Gasteiger partial charge in [-0.2, -0.15) is 0 Å². The molecule has 0 saturated carbocycles. The number of nitrogens with zero attached hydrogens (tertiary/aromatic N) is 3. The zero-order chi connectivity index (χ0) is 33.6. The summed E-state index contributed by atoms with van der Waals surface area (Å²) >= 11 is 0. The van der Waals surface area contributed by atoms with E-state index in [-0.39, 0.29) is 23.5 Å². The lowest BCUT2D eigenvalue weighted by molar-refractivity contribution is 1.18. The minimum atomic E-state index is -0.463. The van der Waals surface area contributed by atoms with Crippen LogP contribution in [0.25, 0.3) is 77.7 Å². The van der Waals surface area contributed by atoms with Crippen molar-refractivity contribution >= 4 is 21.5 Å². The molecule has 6 aromatic carbocycles. The van der Waals surface area contributed by atoms with E-state index in [0.29, 0.717) is 11.4 Å². The Morgan fingerprint density at radius 2 is 1.09 bits per heavy atom. The van der Waals surface area contributed by atoms with Crippen LogP contribution in [-0.2, 0) is 0 Å². The van der Waals surface area contributed by atoms with Crippen molar-refractivity contribution in [1.29, 1.82) is 0 Å². The quantitative estimate of drug-likeness (QED) is 0.195. The Kier molecular flexibility index (Phi) is 5.24. The summed E-state index contributed by atoms with van der Waals surface area (Å²) in [4.78, 5) is 14.0. The molecule has 8 rings (SSSR count). The summed E-state index contributed by atoms with van der Waals surface area (Å²) in [5, 5.41) is 4.63. The molecule has 44 heavy (non-hydrogen) atoms. The number of aromatic nitrogens is 3. The van der Waals surface area contributed by atoms with Gasteiger partial charge in [0.1, 0.15) is 0 Å². The maximum absolute atomic E-state index is 8.70. The molecule has 0 amide bonds. The normalized spacial score (nSPS) is 12.8. The molecule has 0 N–H and O–H groups in total. The fraction of sp³-hybridized carbons (Fsp3) is 0. The third-order valence-corrected chi connectivity index (χ3v) is 7.84. The molecule has 0 bridgehead atoms. The van der Waals surface area contributed by atoms with Gasteiger partial charge in [-0.3, -0.25) is 4.98 Å². The van der Waals surface area contributed by atoms with E-state index < -0.39 is 18.1 Å². The number of pyridine rings is 1. The minimum Gasteiger partial charge on any atom is -0.264 e. The van der Waals surface area contributed by atoms with Crippen LogP contribution in [0.1, 0.15) is 6.85 Å². The second-order valence-electron chi connectivity index (χ2n) is 10.6. The van der Waals surface area contributed by atoms with Crippen LogP contribution in [0.5, 0.6) is 0 Å². The van der Waals surface area contributed by atoms with Crippen molar-refractivity contribution in [2.75, 3.05) is 0 Å². The zero-order valence-electron chi connectivity index (χ0n) is 28.5. The van der Waals surface area contributed by atoms with Gasteiger partial charge in [-0.1, -0.05) is 121 Å². The third-order valence-electron chi connectivity index (χ3n) is 7.84. The number of hydrogen-bond donors (Lipinski definition) is 0. The van der Waals surface area contributed by atoms with Gasteiger partial charge in [-0.25, -0.2) is 9.97 Å². The largest absolute Gasteiger partial charge is 0.264 e. The lowest BCUT2D eigenvalue weighted by atomic mass is 9.92. The Labute approximate surface area is 263 Å². The van der Waals surface area contributed by atoms with E-state index in [2.05, 4.69) is 59.6 Å². The third kappa shape index (κ3) is 4.81. The number of rotatable bonds is 5. The highest BCUT2D eigenvalue weighted by atomic mass is 14.9. The first-order chi connectivity index (χ1) is 23.9. The molecule has 0 spiro atoms. The average Bonchev–Trinajstić information content (AvgIpc) is 3.16. The van der Waals surface area contributed by atoms with Gasteiger partial charge in [0.15, 0.2) is 5.82 Å². The molecule has 0 fully saturated rings. The fourth-order valence-electron chi connectivity index (χ4n) is 5.75. The van der Waals surface area contributed by atoms with Crippen molar-refractivity contribution in [3.8, 4) is 56.2 Å². The van der Waals surface area contributed by atoms with E-state index in [1.807, 2.05) is 66.7 Å². The summed E-state index contributed by atoms with van der Waals surface area (Å²) in [6, 6.07) is 38.7. The number of hydrogen-bond acceptors (Lipinski definition) is 3. The highest BCUT2D eigenvalue weighted by Gasteiger charge is 2.14. The van der Waals surface area contributed by atoms with Gasteiger partial charge in [-0.15, -0.1) is 0 Å². The van der Waals surface area contributed by atoms with E-state index >= 15 is 0 Å². The summed E-state index contributed by atoms with van der Waals surface area (Å²) in [6.07, 6.45) is 3.52. The molecule has 3 heteroatoms. The molecular formula is C41H27N3. The Balaban J connectivity index is 1.35. The molecule has 206 valence electrons. The van der Waals surface area contributed by atoms with Crippen molar-refractivity contribution in [2.45, 2.75) is 0 Å². The van der Waals surface area contributed by atoms with E-state index in [1.165, 1.54) is 10.8 Å². The van der Waals surface area contributed by atoms with Gasteiger partial charge >= 0.3 is 0 Å². The Bertz CT molecular complexity index is 2540. The summed E-state index contributed by atoms with van der Waals surface area (Å²) in [7, 11) is 0. The highest BCUT2D eigenvalue weighted by molar-refractivity contribution is 6.13. The maximum Gasteiger partial charge on any atom is 0.160 e. The summed E-state index contributed by atoms with van der Waals surface area (Å²) in [5.74, 6) is 0.0536. The fourth-order valence-corrected chi connectivity index (χ4v) is 5.75. The summed E-state index contributed by atoms with van der Waals surface area (Å²) < 4.78 is 42.2. The zero-order valence-corrected chi connectivity index (χ0v) is 23.5. The Morgan fingerprint density at radius 1 is 0.455 bits per heavy atom. The van der Waals surface area contributed by atoms with Crippen LogP contribution in [-0.4, -0.2) is 15.0 Å². The minimum absolute atomic E-state index is 0.0470. The van der Waals surface area contributed by atoms with E-state index in [0.717, 1.165) is 44.2 Å². The van der Waals surface area contributed by atoms with Crippen LogP contribution in [0, 0.1) is 0 Å². The van der Waals surface area contributed by atoms with Crippen molar-refractivity contribution < 1.29 is 6.85 Å². The average molecular weight is 567 g/mol. The molecular weight excluding hydrogens is 534 g/mol. The lowest BCUT2D eigenvalue weighted by Crippen LogP contribution is -1.96. The van der Waals surface area contributed by atoms with Crippen LogP contribution in [0.15, 0.2) is 164 Å². The second kappa shape index (κ2) is 11.0. The van der Waals surface area contributed by atoms with Gasteiger partial charge < -0.3 is 0 Å². The first kappa shape index (κ1) is 20.9. The molecule has 0 radical (unpaired) electrons. The molecule has 0 aliphatic rings. The Morgan fingerprint density at radius 3 is 1.84 bits per heavy atom. The molecule has 3 nitrogen and oxygen atoms in total. The van der Waals surface area contributed by atoms with Crippen LogP contribution in [0.3, 0.4) is 0 Å². The second-order valence-corrected chi connectivity index (χ2v) is 10.6. The van der Waals surface area contributed by atoms with Crippen molar-refractivity contribution in [3.63, 3.8) is 0 Å². The van der Waals surface area contributed by atoms with Gasteiger partial charge in [0.25, 0.3) is 0 Å². The lowest BCUT2D eigenvalue weighted by Gasteiger charge is -2.13. The van der Waals surface area contributed by atoms with E-state index in [4.69, 9.17) is 16.8 Å². The summed E-state index contributed by atoms with van der Waals surface area (Å²) in [5.41, 5.74) is 6.63. The molecule has 0 atom stereocenters. The molecule has 0 saturated heterocycles. The highest BCUT2D eigenvalue weighted by Crippen LogP contribution is 2.37. The SMILES string of the molecule is [2H]c1c([2H])c([2H])c(-c2nc(-c3cccc(-c4cccnc4)c3)cc(-c3cccc(-c4cc5ccccc5c5ccccc45)c3)n2)c([2H])c1[2H]. The first-order valence-electron chi connectivity index (χ1n) is 16.9. The van der Waals surface area contributed by atoms with Gasteiger partial charge in [0.2, 0.25) is 0 Å². The first-order valence-corrected chi connectivity index (χ1v) is 14.4. The van der Waals surface area contributed by atoms with Gasteiger partial charge in [-0.05, 0) is 68.6 Å². The molecule has 8 aromatic rings. The standard InChI is InChI=1S/C41H27N3/c1-2-11-28(12-3-1)41-43-39(32-16-8-14-29(23-32)34-18-10-22-42-27-34)26-40(44-41)33-17-9-15-30(24-33)38-25-31-13-4-5-19-35(31)36-20-6-7-21-37(36)38/h1-27H/i1D,2D,3D,11D,12D. The van der Waals surface area contributed by atoms with E-state index in [9.17, 15) is 0 Å². The molecule has 2 aromatic heterocycles. The number of benzene rings is 6. The van der Waals surface area contributed by atoms with Crippen molar-refractivity contribution in [2.24, 2.45) is 0 Å². The predicted octanol–water partition coefficient (Wildman–Crippen LogP) is 10.5.